The first kappa shape index (κ1) is 28.0. The molecule has 0 amide bonds. The molecule has 0 N–H and O–H groups in total. The van der Waals surface area contributed by atoms with Crippen molar-refractivity contribution >= 4 is 69.2 Å². The first-order chi connectivity index (χ1) is 23.3. The molecule has 0 aliphatic carbocycles. The quantitative estimate of drug-likeness (QED) is 0.164. The monoisotopic (exact) mass is 644 g/mol. The van der Waals surface area contributed by atoms with Gasteiger partial charge in [-0.15, -0.1) is 0 Å². The summed E-state index contributed by atoms with van der Waals surface area (Å²) in [5.74, 6) is 0. The molecule has 2 heteroatoms. The molecule has 0 fully saturated rings. The van der Waals surface area contributed by atoms with Gasteiger partial charge in [-0.3, -0.25) is 0 Å². The molecule has 228 valence electrons. The zero-order valence-electron chi connectivity index (χ0n) is 27.9. The molecule has 48 heavy (non-hydrogen) atoms. The lowest BCUT2D eigenvalue weighted by Crippen LogP contribution is -2.49. The summed E-state index contributed by atoms with van der Waals surface area (Å²) in [6, 6.07) is 55.7. The normalized spacial score (nSPS) is 15.0. The van der Waals surface area contributed by atoms with Gasteiger partial charge in [-0.05, 0) is 110 Å². The predicted molar refractivity (Wildman–Crippen MR) is 214 cm³/mol. The minimum absolute atomic E-state index is 1.29. The van der Waals surface area contributed by atoms with Crippen LogP contribution in [0.15, 0.2) is 146 Å². The Bertz CT molecular complexity index is 2490. The smallest absolute Gasteiger partial charge is 0.0616 e. The van der Waals surface area contributed by atoms with E-state index < -0.39 is 16.1 Å². The van der Waals surface area contributed by atoms with Gasteiger partial charge in [0.2, 0.25) is 0 Å². The van der Waals surface area contributed by atoms with E-state index in [0.29, 0.717) is 0 Å². The molecule has 0 atom stereocenters. The molecule has 0 saturated carbocycles. The van der Waals surface area contributed by atoms with Gasteiger partial charge >= 0.3 is 0 Å². The number of benzene rings is 8. The van der Waals surface area contributed by atoms with Crippen LogP contribution in [-0.2, 0) is 0 Å². The van der Waals surface area contributed by atoms with Crippen molar-refractivity contribution in [3.63, 3.8) is 0 Å². The third-order valence-electron chi connectivity index (χ3n) is 11.6. The zero-order chi connectivity index (χ0) is 32.4. The summed E-state index contributed by atoms with van der Waals surface area (Å²) in [6.07, 6.45) is 0. The van der Waals surface area contributed by atoms with Gasteiger partial charge in [-0.1, -0.05) is 160 Å². The Morgan fingerprint density at radius 2 is 0.688 bits per heavy atom. The fraction of sp³-hybridized carbons (Fsp3) is 0.0870. The van der Waals surface area contributed by atoms with E-state index >= 15 is 0 Å². The van der Waals surface area contributed by atoms with Crippen LogP contribution in [0.2, 0.25) is 26.2 Å². The van der Waals surface area contributed by atoms with Crippen molar-refractivity contribution in [2.75, 3.05) is 0 Å². The third-order valence-corrected chi connectivity index (χ3v) is 18.7. The van der Waals surface area contributed by atoms with E-state index in [-0.39, 0.29) is 0 Å². The summed E-state index contributed by atoms with van der Waals surface area (Å²) in [5, 5.41) is 14.3. The maximum atomic E-state index is 2.54. The second-order valence-electron chi connectivity index (χ2n) is 15.0. The second-order valence-corrected chi connectivity index (χ2v) is 23.6. The summed E-state index contributed by atoms with van der Waals surface area (Å²) in [6.45, 7) is 10.2. The highest BCUT2D eigenvalue weighted by molar-refractivity contribution is 7.05. The van der Waals surface area contributed by atoms with Crippen LogP contribution in [0.4, 0.5) is 0 Å². The van der Waals surface area contributed by atoms with Crippen LogP contribution in [0.25, 0.3) is 76.8 Å². The Balaban J connectivity index is 1.13. The van der Waals surface area contributed by atoms with Crippen molar-refractivity contribution < 1.29 is 0 Å². The molecular weight excluding hydrogens is 609 g/mol. The van der Waals surface area contributed by atoms with E-state index in [9.17, 15) is 0 Å². The molecule has 10 rings (SSSR count). The highest BCUT2D eigenvalue weighted by Crippen LogP contribution is 2.41. The molecule has 2 heterocycles. The summed E-state index contributed by atoms with van der Waals surface area (Å²) >= 11 is 0. The van der Waals surface area contributed by atoms with Crippen molar-refractivity contribution in [2.45, 2.75) is 26.2 Å². The van der Waals surface area contributed by atoms with Gasteiger partial charge in [0, 0.05) is 0 Å². The molecule has 0 unspecified atom stereocenters. The zero-order valence-corrected chi connectivity index (χ0v) is 29.9. The summed E-state index contributed by atoms with van der Waals surface area (Å²) in [5.41, 5.74) is 11.1. The number of fused-ring (bicyclic) bond motifs is 11. The van der Waals surface area contributed by atoms with Crippen LogP contribution in [0, 0.1) is 0 Å². The molecule has 0 nitrogen and oxygen atoms in total. The van der Waals surface area contributed by atoms with Gasteiger partial charge in [0.15, 0.2) is 0 Å². The molecule has 0 radical (unpaired) electrons. The van der Waals surface area contributed by atoms with Gasteiger partial charge in [-0.2, -0.15) is 0 Å². The highest BCUT2D eigenvalue weighted by atomic mass is 28.3. The topological polar surface area (TPSA) is 0 Å². The van der Waals surface area contributed by atoms with Crippen LogP contribution < -0.4 is 20.7 Å². The molecular formula is C46H36Si2. The van der Waals surface area contributed by atoms with Gasteiger partial charge in [0.1, 0.15) is 16.1 Å². The lowest BCUT2D eigenvalue weighted by molar-refractivity contribution is 1.66. The molecule has 0 aromatic heterocycles. The lowest BCUT2D eigenvalue weighted by atomic mass is 9.91. The SMILES string of the molecule is C[Si]1(C)c2cc(-c3ccc4ccccc4c3)ccc2-c2c1ccc1c3c(ccc21)[Si](C)(C)c1cc(-c2ccc4ccccc4c2)ccc1-3. The van der Waals surface area contributed by atoms with Gasteiger partial charge in [-0.25, -0.2) is 0 Å². The second kappa shape index (κ2) is 9.76. The first-order valence-electron chi connectivity index (χ1n) is 17.2. The Morgan fingerprint density at radius 1 is 0.312 bits per heavy atom. The van der Waals surface area contributed by atoms with Crippen LogP contribution in [0.5, 0.6) is 0 Å². The number of hydrogen-bond acceptors (Lipinski definition) is 0. The maximum Gasteiger partial charge on any atom is 0.113 e. The largest absolute Gasteiger partial charge is 0.113 e. The first-order valence-corrected chi connectivity index (χ1v) is 23.2. The fourth-order valence-corrected chi connectivity index (χ4v) is 15.1. The number of rotatable bonds is 2. The van der Waals surface area contributed by atoms with E-state index in [2.05, 4.69) is 172 Å². The molecule has 0 saturated heterocycles. The molecule has 8 aromatic rings. The average molecular weight is 645 g/mol. The van der Waals surface area contributed by atoms with E-state index in [4.69, 9.17) is 0 Å². The summed E-state index contributed by atoms with van der Waals surface area (Å²) < 4.78 is 0. The maximum absolute atomic E-state index is 2.54. The molecule has 0 spiro atoms. The minimum atomic E-state index is -1.90. The van der Waals surface area contributed by atoms with Gasteiger partial charge < -0.3 is 0 Å². The van der Waals surface area contributed by atoms with Crippen molar-refractivity contribution in [1.82, 2.24) is 0 Å². The Labute approximate surface area is 284 Å². The molecule has 2 aliphatic rings. The van der Waals surface area contributed by atoms with Crippen molar-refractivity contribution in [3.05, 3.63) is 146 Å². The molecule has 8 aromatic carbocycles. The average Bonchev–Trinajstić information content (AvgIpc) is 3.50. The molecule has 0 bridgehead atoms. The van der Waals surface area contributed by atoms with E-state index in [0.717, 1.165) is 0 Å². The Kier molecular flexibility index (Phi) is 5.70. The predicted octanol–water partition coefficient (Wildman–Crippen LogP) is 10.1. The van der Waals surface area contributed by atoms with Crippen LogP contribution in [0.3, 0.4) is 0 Å². The third kappa shape index (κ3) is 3.82. The summed E-state index contributed by atoms with van der Waals surface area (Å²) in [7, 11) is -3.80. The van der Waals surface area contributed by atoms with E-state index in [1.165, 1.54) is 76.8 Å². The lowest BCUT2D eigenvalue weighted by Gasteiger charge is -2.21. The minimum Gasteiger partial charge on any atom is -0.0616 e. The van der Waals surface area contributed by atoms with Crippen molar-refractivity contribution in [2.24, 2.45) is 0 Å². The van der Waals surface area contributed by atoms with Crippen LogP contribution in [-0.4, -0.2) is 16.1 Å². The van der Waals surface area contributed by atoms with E-state index in [1.54, 1.807) is 20.7 Å². The van der Waals surface area contributed by atoms with Gasteiger partial charge in [0.25, 0.3) is 0 Å². The van der Waals surface area contributed by atoms with Crippen LogP contribution >= 0.6 is 0 Å². The Hall–Kier alpha value is -5.03. The van der Waals surface area contributed by atoms with Crippen molar-refractivity contribution in [3.8, 4) is 44.5 Å². The number of hydrogen-bond donors (Lipinski definition) is 0. The van der Waals surface area contributed by atoms with Gasteiger partial charge in [0.05, 0.1) is 0 Å². The fourth-order valence-electron chi connectivity index (χ4n) is 8.97. The molecule has 2 aliphatic heterocycles. The standard InChI is InChI=1S/C46H36Si2/c1-47(2)41-23-21-38-37(45(41)39-19-17-35(27-43(39)47)33-15-13-29-9-5-7-11-31(29)25-33)22-24-42-46(38)40-20-18-36(28-44(40)48(42,3)4)34-16-14-30-10-6-8-12-32(30)26-34/h5-28H,1-4H3. The summed E-state index contributed by atoms with van der Waals surface area (Å²) in [4.78, 5) is 0. The Morgan fingerprint density at radius 3 is 1.12 bits per heavy atom. The van der Waals surface area contributed by atoms with Crippen molar-refractivity contribution in [1.29, 1.82) is 0 Å². The van der Waals surface area contributed by atoms with E-state index in [1.807, 2.05) is 0 Å². The highest BCUT2D eigenvalue weighted by Gasteiger charge is 2.42. The van der Waals surface area contributed by atoms with Crippen LogP contribution in [0.1, 0.15) is 0 Å².